The molecule has 2 aromatic heterocycles. The summed E-state index contributed by atoms with van der Waals surface area (Å²) in [5, 5.41) is 5.15. The molecule has 8 aromatic carbocycles. The zero-order valence-electron chi connectivity index (χ0n) is 29.7. The zero-order chi connectivity index (χ0) is 35.3. The van der Waals surface area contributed by atoms with Gasteiger partial charge in [0.05, 0.1) is 0 Å². The topological polar surface area (TPSA) is 9.86 Å². The fraction of sp³-hybridized carbons (Fsp3) is 0.0400. The number of rotatable bonds is 4. The predicted octanol–water partition coefficient (Wildman–Crippen LogP) is 12.0. The van der Waals surface area contributed by atoms with Crippen molar-refractivity contribution in [2.24, 2.45) is 0 Å². The van der Waals surface area contributed by atoms with Crippen LogP contribution in [0.5, 0.6) is 0 Å². The van der Waals surface area contributed by atoms with Gasteiger partial charge in [-0.1, -0.05) is 0 Å². The molecule has 10 aromatic rings. The number of fused-ring (bicyclic) bond motifs is 9. The molecule has 53 heavy (non-hydrogen) atoms. The third kappa shape index (κ3) is 4.52. The van der Waals surface area contributed by atoms with E-state index in [0.717, 1.165) is 0 Å². The quantitative estimate of drug-likeness (QED) is 0.159. The predicted molar refractivity (Wildman–Crippen MR) is 228 cm³/mol. The molecular weight excluding hydrogens is 701 g/mol. The summed E-state index contributed by atoms with van der Waals surface area (Å²) in [6, 6.07) is 67.6. The third-order valence-electron chi connectivity index (χ3n) is 11.7. The average molecular weight is 737 g/mol. The second-order valence-corrected chi connectivity index (χ2v) is 24.1. The van der Waals surface area contributed by atoms with Gasteiger partial charge in [0.1, 0.15) is 0 Å². The SMILES string of the molecule is [CH3][Ge]1([CH3])[c]2cc(-c3ccc4c5ccccc5n(-c5ccccc5)c4c3)ccc2-c2ccc(-c3ccc4c5ccccc5n(-c5ccccc5)c4c3)c[c]21. The summed E-state index contributed by atoms with van der Waals surface area (Å²) >= 11 is -2.66. The first-order valence-electron chi connectivity index (χ1n) is 18.5. The first-order chi connectivity index (χ1) is 26.0. The van der Waals surface area contributed by atoms with E-state index in [9.17, 15) is 0 Å². The Bertz CT molecular complexity index is 2870. The van der Waals surface area contributed by atoms with Crippen molar-refractivity contribution >= 4 is 65.7 Å². The fourth-order valence-electron chi connectivity index (χ4n) is 9.11. The molecule has 1 aliphatic heterocycles. The van der Waals surface area contributed by atoms with Gasteiger partial charge in [-0.2, -0.15) is 0 Å². The number of benzene rings is 8. The molecule has 11 rings (SSSR count). The molecule has 3 heterocycles. The van der Waals surface area contributed by atoms with Crippen molar-refractivity contribution in [3.63, 3.8) is 0 Å². The normalized spacial score (nSPS) is 13.2. The van der Waals surface area contributed by atoms with Crippen LogP contribution in [0, 0.1) is 0 Å². The number of aromatic nitrogens is 2. The standard InChI is InChI=1S/C50H36GeN2/c1-51(2)45-29-33(35-23-27-43-41-17-9-11-19-47(41)52(49(43)31-35)37-13-5-3-6-14-37)21-25-39(45)40-26-22-34(30-46(40)51)36-24-28-44-42-18-10-12-20-48(42)53(50(44)32-36)38-15-7-4-8-16-38/h3-32H,1-2H3. The van der Waals surface area contributed by atoms with Crippen LogP contribution in [-0.2, 0) is 0 Å². The van der Waals surface area contributed by atoms with Crippen molar-refractivity contribution in [3.8, 4) is 44.8 Å². The molecule has 0 amide bonds. The molecule has 250 valence electrons. The van der Waals surface area contributed by atoms with Crippen molar-refractivity contribution in [3.05, 3.63) is 182 Å². The van der Waals surface area contributed by atoms with Crippen LogP contribution < -0.4 is 8.79 Å². The molecule has 0 saturated carbocycles. The van der Waals surface area contributed by atoms with E-state index in [1.165, 1.54) is 88.4 Å². The van der Waals surface area contributed by atoms with E-state index in [0.29, 0.717) is 0 Å². The number of hydrogen-bond donors (Lipinski definition) is 0. The summed E-state index contributed by atoms with van der Waals surface area (Å²) in [4.78, 5) is 0. The Labute approximate surface area is 311 Å². The van der Waals surface area contributed by atoms with E-state index in [2.05, 4.69) is 203 Å². The van der Waals surface area contributed by atoms with E-state index in [1.54, 1.807) is 8.79 Å². The Hall–Kier alpha value is -6.10. The Kier molecular flexibility index (Phi) is 6.59. The molecule has 0 radical (unpaired) electrons. The van der Waals surface area contributed by atoms with Gasteiger partial charge < -0.3 is 0 Å². The second kappa shape index (κ2) is 11.5. The van der Waals surface area contributed by atoms with Gasteiger partial charge in [0.15, 0.2) is 0 Å². The molecule has 3 heteroatoms. The van der Waals surface area contributed by atoms with Gasteiger partial charge in [0, 0.05) is 0 Å². The van der Waals surface area contributed by atoms with Gasteiger partial charge >= 0.3 is 313 Å². The molecule has 0 unspecified atom stereocenters. The third-order valence-corrected chi connectivity index (χ3v) is 19.1. The second-order valence-electron chi connectivity index (χ2n) is 15.0. The monoisotopic (exact) mass is 738 g/mol. The van der Waals surface area contributed by atoms with Crippen molar-refractivity contribution in [2.75, 3.05) is 0 Å². The molecular formula is C50H36GeN2. The van der Waals surface area contributed by atoms with Crippen LogP contribution in [0.1, 0.15) is 0 Å². The summed E-state index contributed by atoms with van der Waals surface area (Å²) in [6.45, 7) is 0. The Morgan fingerprint density at radius 2 is 0.679 bits per heavy atom. The number of nitrogens with zero attached hydrogens (tertiary/aromatic N) is 2. The Morgan fingerprint density at radius 3 is 1.13 bits per heavy atom. The maximum atomic E-state index is 2.57. The van der Waals surface area contributed by atoms with Crippen molar-refractivity contribution < 1.29 is 0 Å². The van der Waals surface area contributed by atoms with Gasteiger partial charge in [-0.25, -0.2) is 0 Å². The molecule has 0 bridgehead atoms. The minimum absolute atomic E-state index is 1.19. The van der Waals surface area contributed by atoms with Crippen LogP contribution in [0.2, 0.25) is 11.5 Å². The van der Waals surface area contributed by atoms with E-state index >= 15 is 0 Å². The summed E-state index contributed by atoms with van der Waals surface area (Å²) in [5.41, 5.74) is 15.3. The summed E-state index contributed by atoms with van der Waals surface area (Å²) < 4.78 is 7.96. The number of hydrogen-bond acceptors (Lipinski definition) is 0. The molecule has 0 N–H and O–H groups in total. The summed E-state index contributed by atoms with van der Waals surface area (Å²) in [7, 11) is 0. The molecule has 0 saturated heterocycles. The fourth-order valence-corrected chi connectivity index (χ4v) is 15.6. The van der Waals surface area contributed by atoms with E-state index in [1.807, 2.05) is 0 Å². The average Bonchev–Trinajstić information content (AvgIpc) is 3.80. The van der Waals surface area contributed by atoms with E-state index < -0.39 is 13.3 Å². The van der Waals surface area contributed by atoms with E-state index in [-0.39, 0.29) is 0 Å². The van der Waals surface area contributed by atoms with Crippen LogP contribution >= 0.6 is 0 Å². The summed E-state index contributed by atoms with van der Waals surface area (Å²) in [5.74, 6) is 5.15. The van der Waals surface area contributed by atoms with Crippen LogP contribution in [0.15, 0.2) is 182 Å². The molecule has 0 spiro atoms. The Balaban J connectivity index is 1.01. The van der Waals surface area contributed by atoms with Gasteiger partial charge in [0.25, 0.3) is 0 Å². The number of para-hydroxylation sites is 4. The van der Waals surface area contributed by atoms with Crippen LogP contribution in [0.4, 0.5) is 0 Å². The van der Waals surface area contributed by atoms with Gasteiger partial charge in [-0.15, -0.1) is 0 Å². The molecule has 0 aliphatic carbocycles. The molecule has 0 atom stereocenters. The Morgan fingerprint density at radius 1 is 0.321 bits per heavy atom. The minimum atomic E-state index is -2.66. The van der Waals surface area contributed by atoms with Crippen molar-refractivity contribution in [2.45, 2.75) is 11.5 Å². The van der Waals surface area contributed by atoms with Gasteiger partial charge in [0.2, 0.25) is 0 Å². The first-order valence-corrected chi connectivity index (χ1v) is 24.8. The molecule has 0 fully saturated rings. The van der Waals surface area contributed by atoms with Crippen LogP contribution in [0.3, 0.4) is 0 Å². The van der Waals surface area contributed by atoms with Gasteiger partial charge in [-0.05, 0) is 0 Å². The van der Waals surface area contributed by atoms with E-state index in [4.69, 9.17) is 0 Å². The van der Waals surface area contributed by atoms with Crippen molar-refractivity contribution in [1.82, 2.24) is 9.13 Å². The maximum absolute atomic E-state index is 2.66. The summed E-state index contributed by atoms with van der Waals surface area (Å²) in [6.07, 6.45) is 0. The van der Waals surface area contributed by atoms with Crippen LogP contribution in [-0.4, -0.2) is 22.4 Å². The molecule has 1 aliphatic rings. The first kappa shape index (κ1) is 30.5. The van der Waals surface area contributed by atoms with Crippen molar-refractivity contribution in [1.29, 1.82) is 0 Å². The van der Waals surface area contributed by atoms with Crippen LogP contribution in [0.25, 0.3) is 88.4 Å². The molecule has 2 nitrogen and oxygen atoms in total. The zero-order valence-corrected chi connectivity index (χ0v) is 31.8. The van der Waals surface area contributed by atoms with Gasteiger partial charge in [-0.3, -0.25) is 0 Å².